The minimum atomic E-state index is -0.0264. The first-order valence-electron chi connectivity index (χ1n) is 8.81. The Morgan fingerprint density at radius 2 is 1.78 bits per heavy atom. The number of likely N-dealkylation sites (N-methyl/N-ethyl adjacent to an activating group) is 1. The molecule has 0 spiro atoms. The zero-order valence-electron chi connectivity index (χ0n) is 16.1. The maximum atomic E-state index is 12.7. The standard InChI is InChI=1S/C20H24N6O/c1-13-12-18(23-20(21)22-13)16-5-7-17(8-6-16)19(27)25(4)9-10-26-15(3)11-14(2)24-26/h5-8,11-12H,9-10H2,1-4H3,(H2,21,22,23). The maximum Gasteiger partial charge on any atom is 0.253 e. The second kappa shape index (κ2) is 7.57. The van der Waals surface area contributed by atoms with E-state index in [4.69, 9.17) is 5.73 Å². The van der Waals surface area contributed by atoms with Crippen molar-refractivity contribution in [1.29, 1.82) is 0 Å². The third-order valence-corrected chi connectivity index (χ3v) is 4.40. The first-order valence-corrected chi connectivity index (χ1v) is 8.81. The molecule has 1 aromatic carbocycles. The Labute approximate surface area is 158 Å². The number of carbonyl (C=O) groups is 1. The Kier molecular flexibility index (Phi) is 5.21. The van der Waals surface area contributed by atoms with Crippen LogP contribution in [-0.2, 0) is 6.54 Å². The fraction of sp³-hybridized carbons (Fsp3) is 0.300. The van der Waals surface area contributed by atoms with Crippen molar-refractivity contribution < 1.29 is 4.79 Å². The van der Waals surface area contributed by atoms with Crippen LogP contribution >= 0.6 is 0 Å². The summed E-state index contributed by atoms with van der Waals surface area (Å²) < 4.78 is 1.92. The maximum absolute atomic E-state index is 12.7. The molecule has 0 aliphatic rings. The van der Waals surface area contributed by atoms with E-state index in [1.165, 1.54) is 0 Å². The predicted molar refractivity (Wildman–Crippen MR) is 105 cm³/mol. The summed E-state index contributed by atoms with van der Waals surface area (Å²) in [4.78, 5) is 22.7. The minimum Gasteiger partial charge on any atom is -0.368 e. The molecule has 7 heteroatoms. The molecule has 0 radical (unpaired) electrons. The SMILES string of the molecule is Cc1cc(-c2ccc(C(=O)N(C)CCn3nc(C)cc3C)cc2)nc(N)n1. The molecule has 2 N–H and O–H groups in total. The van der Waals surface area contributed by atoms with Crippen molar-refractivity contribution >= 4 is 11.9 Å². The number of anilines is 1. The highest BCUT2D eigenvalue weighted by molar-refractivity contribution is 5.94. The number of nitrogens with zero attached hydrogens (tertiary/aromatic N) is 5. The lowest BCUT2D eigenvalue weighted by Gasteiger charge is -2.18. The summed E-state index contributed by atoms with van der Waals surface area (Å²) in [5.74, 6) is 0.218. The summed E-state index contributed by atoms with van der Waals surface area (Å²) in [5.41, 5.74) is 10.9. The third-order valence-electron chi connectivity index (χ3n) is 4.40. The van der Waals surface area contributed by atoms with Crippen molar-refractivity contribution in [3.05, 3.63) is 59.0 Å². The van der Waals surface area contributed by atoms with Crippen molar-refractivity contribution in [2.75, 3.05) is 19.3 Å². The van der Waals surface area contributed by atoms with Crippen molar-refractivity contribution in [2.24, 2.45) is 0 Å². The number of aryl methyl sites for hydroxylation is 3. The van der Waals surface area contributed by atoms with Crippen LogP contribution in [0.15, 0.2) is 36.4 Å². The van der Waals surface area contributed by atoms with Gasteiger partial charge in [-0.25, -0.2) is 9.97 Å². The van der Waals surface area contributed by atoms with Crippen LogP contribution in [-0.4, -0.2) is 44.1 Å². The van der Waals surface area contributed by atoms with Crippen LogP contribution in [0.25, 0.3) is 11.3 Å². The highest BCUT2D eigenvalue weighted by Gasteiger charge is 2.13. The van der Waals surface area contributed by atoms with Gasteiger partial charge in [-0.15, -0.1) is 0 Å². The van der Waals surface area contributed by atoms with Gasteiger partial charge in [-0.1, -0.05) is 12.1 Å². The smallest absolute Gasteiger partial charge is 0.253 e. The van der Waals surface area contributed by atoms with Crippen LogP contribution in [0, 0.1) is 20.8 Å². The van der Waals surface area contributed by atoms with Gasteiger partial charge in [0.15, 0.2) is 0 Å². The van der Waals surface area contributed by atoms with Gasteiger partial charge in [0.05, 0.1) is 17.9 Å². The molecule has 1 amide bonds. The normalized spacial score (nSPS) is 10.8. The van der Waals surface area contributed by atoms with Crippen LogP contribution in [0.2, 0.25) is 0 Å². The first-order chi connectivity index (χ1) is 12.8. The number of hydrogen-bond donors (Lipinski definition) is 1. The summed E-state index contributed by atoms with van der Waals surface area (Å²) in [5, 5.41) is 4.43. The van der Waals surface area contributed by atoms with Gasteiger partial charge >= 0.3 is 0 Å². The molecule has 0 saturated heterocycles. The molecule has 0 unspecified atom stereocenters. The Morgan fingerprint density at radius 1 is 1.07 bits per heavy atom. The van der Waals surface area contributed by atoms with Gasteiger partial charge < -0.3 is 10.6 Å². The molecule has 3 aromatic rings. The van der Waals surface area contributed by atoms with E-state index in [0.29, 0.717) is 18.7 Å². The van der Waals surface area contributed by atoms with Gasteiger partial charge in [0.2, 0.25) is 5.95 Å². The molecule has 0 aliphatic heterocycles. The van der Waals surface area contributed by atoms with E-state index in [1.54, 1.807) is 11.9 Å². The number of carbonyl (C=O) groups excluding carboxylic acids is 1. The van der Waals surface area contributed by atoms with E-state index >= 15 is 0 Å². The molecule has 0 aliphatic carbocycles. The molecule has 7 nitrogen and oxygen atoms in total. The largest absolute Gasteiger partial charge is 0.368 e. The zero-order valence-corrected chi connectivity index (χ0v) is 16.1. The van der Waals surface area contributed by atoms with Crippen LogP contribution in [0.3, 0.4) is 0 Å². The minimum absolute atomic E-state index is 0.0264. The first kappa shape index (κ1) is 18.6. The quantitative estimate of drug-likeness (QED) is 0.752. The average molecular weight is 364 g/mol. The molecular weight excluding hydrogens is 340 g/mol. The fourth-order valence-corrected chi connectivity index (χ4v) is 2.99. The predicted octanol–water partition coefficient (Wildman–Crippen LogP) is 2.62. The van der Waals surface area contributed by atoms with Crippen LogP contribution in [0.1, 0.15) is 27.4 Å². The number of aromatic nitrogens is 4. The zero-order chi connectivity index (χ0) is 19.6. The van der Waals surface area contributed by atoms with Crippen molar-refractivity contribution in [1.82, 2.24) is 24.6 Å². The topological polar surface area (TPSA) is 89.9 Å². The van der Waals surface area contributed by atoms with Gasteiger partial charge in [-0.05, 0) is 45.0 Å². The third kappa shape index (κ3) is 4.31. The van der Waals surface area contributed by atoms with E-state index < -0.39 is 0 Å². The number of nitrogens with two attached hydrogens (primary N) is 1. The lowest BCUT2D eigenvalue weighted by molar-refractivity contribution is 0.0788. The van der Waals surface area contributed by atoms with Gasteiger partial charge in [0.25, 0.3) is 5.91 Å². The van der Waals surface area contributed by atoms with Crippen molar-refractivity contribution in [2.45, 2.75) is 27.3 Å². The highest BCUT2D eigenvalue weighted by atomic mass is 16.2. The van der Waals surface area contributed by atoms with Crippen LogP contribution < -0.4 is 5.73 Å². The molecule has 0 atom stereocenters. The molecule has 2 aromatic heterocycles. The lowest BCUT2D eigenvalue weighted by atomic mass is 10.1. The molecule has 0 fully saturated rings. The second-order valence-electron chi connectivity index (χ2n) is 6.71. The number of nitrogen functional groups attached to an aromatic ring is 1. The summed E-state index contributed by atoms with van der Waals surface area (Å²) in [7, 11) is 1.80. The van der Waals surface area contributed by atoms with Gasteiger partial charge in [0.1, 0.15) is 0 Å². The Balaban J connectivity index is 1.68. The molecule has 2 heterocycles. The summed E-state index contributed by atoms with van der Waals surface area (Å²) >= 11 is 0. The van der Waals surface area contributed by atoms with E-state index in [9.17, 15) is 4.79 Å². The van der Waals surface area contributed by atoms with Crippen LogP contribution in [0.5, 0.6) is 0 Å². The Bertz CT molecular complexity index is 941. The van der Waals surface area contributed by atoms with Gasteiger partial charge in [-0.3, -0.25) is 9.48 Å². The highest BCUT2D eigenvalue weighted by Crippen LogP contribution is 2.19. The van der Waals surface area contributed by atoms with Crippen LogP contribution in [0.4, 0.5) is 5.95 Å². The van der Waals surface area contributed by atoms with E-state index in [-0.39, 0.29) is 11.9 Å². The van der Waals surface area contributed by atoms with Gasteiger partial charge in [0, 0.05) is 36.1 Å². The second-order valence-corrected chi connectivity index (χ2v) is 6.71. The van der Waals surface area contributed by atoms with Gasteiger partial charge in [-0.2, -0.15) is 5.10 Å². The average Bonchev–Trinajstić information content (AvgIpc) is 2.95. The summed E-state index contributed by atoms with van der Waals surface area (Å²) in [6.07, 6.45) is 0. The molecule has 0 bridgehead atoms. The number of hydrogen-bond acceptors (Lipinski definition) is 5. The fourth-order valence-electron chi connectivity index (χ4n) is 2.99. The monoisotopic (exact) mass is 364 g/mol. The number of amides is 1. The van der Waals surface area contributed by atoms with Crippen molar-refractivity contribution in [3.8, 4) is 11.3 Å². The van der Waals surface area contributed by atoms with E-state index in [0.717, 1.165) is 28.3 Å². The van der Waals surface area contributed by atoms with Crippen molar-refractivity contribution in [3.63, 3.8) is 0 Å². The number of rotatable bonds is 5. The Hall–Kier alpha value is -3.22. The molecule has 3 rings (SSSR count). The molecule has 27 heavy (non-hydrogen) atoms. The number of benzene rings is 1. The lowest BCUT2D eigenvalue weighted by Crippen LogP contribution is -2.30. The Morgan fingerprint density at radius 3 is 2.37 bits per heavy atom. The molecular formula is C20H24N6O. The molecule has 0 saturated carbocycles. The van der Waals surface area contributed by atoms with E-state index in [1.807, 2.05) is 61.9 Å². The van der Waals surface area contributed by atoms with E-state index in [2.05, 4.69) is 15.1 Å². The summed E-state index contributed by atoms with van der Waals surface area (Å²) in [6.45, 7) is 7.11. The summed E-state index contributed by atoms with van der Waals surface area (Å²) in [6, 6.07) is 11.3. The molecule has 140 valence electrons.